The van der Waals surface area contributed by atoms with Crippen molar-refractivity contribution in [3.8, 4) is 0 Å². The monoisotopic (exact) mass is 155 g/mol. The SMILES string of the molecule is CCCCNCC1(CC)CC1. The normalized spacial score (nSPS) is 20.2. The summed E-state index contributed by atoms with van der Waals surface area (Å²) in [5, 5.41) is 3.54. The number of hydrogen-bond donors (Lipinski definition) is 1. The van der Waals surface area contributed by atoms with Crippen LogP contribution in [-0.2, 0) is 0 Å². The highest BCUT2D eigenvalue weighted by molar-refractivity contribution is 4.93. The van der Waals surface area contributed by atoms with Crippen LogP contribution in [0.15, 0.2) is 0 Å². The zero-order valence-electron chi connectivity index (χ0n) is 7.95. The van der Waals surface area contributed by atoms with Gasteiger partial charge in [0.25, 0.3) is 0 Å². The van der Waals surface area contributed by atoms with E-state index in [0.29, 0.717) is 0 Å². The first-order valence-corrected chi connectivity index (χ1v) is 5.04. The maximum Gasteiger partial charge on any atom is 0.000771 e. The Morgan fingerprint density at radius 1 is 1.27 bits per heavy atom. The molecule has 66 valence electrons. The molecule has 11 heavy (non-hydrogen) atoms. The molecule has 0 atom stereocenters. The highest BCUT2D eigenvalue weighted by atomic mass is 14.9. The van der Waals surface area contributed by atoms with Gasteiger partial charge < -0.3 is 5.32 Å². The van der Waals surface area contributed by atoms with E-state index in [0.717, 1.165) is 5.41 Å². The van der Waals surface area contributed by atoms with Crippen LogP contribution in [0.2, 0.25) is 0 Å². The van der Waals surface area contributed by atoms with Crippen molar-refractivity contribution in [1.82, 2.24) is 5.32 Å². The van der Waals surface area contributed by atoms with Gasteiger partial charge >= 0.3 is 0 Å². The van der Waals surface area contributed by atoms with Gasteiger partial charge in [-0.15, -0.1) is 0 Å². The summed E-state index contributed by atoms with van der Waals surface area (Å²) in [5.41, 5.74) is 0.730. The third-order valence-corrected chi connectivity index (χ3v) is 2.91. The van der Waals surface area contributed by atoms with Crippen LogP contribution < -0.4 is 5.32 Å². The lowest BCUT2D eigenvalue weighted by Crippen LogP contribution is -2.24. The molecule has 1 N–H and O–H groups in total. The van der Waals surface area contributed by atoms with Gasteiger partial charge in [-0.3, -0.25) is 0 Å². The third-order valence-electron chi connectivity index (χ3n) is 2.91. The molecule has 0 bridgehead atoms. The minimum Gasteiger partial charge on any atom is -0.316 e. The molecule has 1 rings (SSSR count). The van der Waals surface area contributed by atoms with Crippen LogP contribution in [0.3, 0.4) is 0 Å². The Morgan fingerprint density at radius 3 is 2.45 bits per heavy atom. The van der Waals surface area contributed by atoms with Crippen molar-refractivity contribution in [3.05, 3.63) is 0 Å². The summed E-state index contributed by atoms with van der Waals surface area (Å²) < 4.78 is 0. The molecule has 0 saturated heterocycles. The third kappa shape index (κ3) is 2.82. The zero-order valence-corrected chi connectivity index (χ0v) is 7.95. The van der Waals surface area contributed by atoms with Gasteiger partial charge in [-0.2, -0.15) is 0 Å². The molecule has 1 fully saturated rings. The molecular weight excluding hydrogens is 134 g/mol. The lowest BCUT2D eigenvalue weighted by molar-refractivity contribution is 0.441. The number of nitrogens with one attached hydrogen (secondary N) is 1. The number of unbranched alkanes of at least 4 members (excludes halogenated alkanes) is 1. The maximum absolute atomic E-state index is 3.54. The van der Waals surface area contributed by atoms with E-state index in [1.807, 2.05) is 0 Å². The minimum atomic E-state index is 0.730. The molecule has 0 heterocycles. The zero-order chi connectivity index (χ0) is 8.16. The van der Waals surface area contributed by atoms with Crippen LogP contribution in [0, 0.1) is 5.41 Å². The fraction of sp³-hybridized carbons (Fsp3) is 1.00. The van der Waals surface area contributed by atoms with Crippen LogP contribution in [0.1, 0.15) is 46.0 Å². The Bertz CT molecular complexity index is 105. The molecule has 1 nitrogen and oxygen atoms in total. The fourth-order valence-electron chi connectivity index (χ4n) is 1.49. The van der Waals surface area contributed by atoms with Crippen molar-refractivity contribution in [2.75, 3.05) is 13.1 Å². The predicted molar refractivity (Wildman–Crippen MR) is 49.7 cm³/mol. The fourth-order valence-corrected chi connectivity index (χ4v) is 1.49. The Hall–Kier alpha value is -0.0400. The Morgan fingerprint density at radius 2 is 2.00 bits per heavy atom. The topological polar surface area (TPSA) is 12.0 Å². The average Bonchev–Trinajstić information content (AvgIpc) is 2.80. The second kappa shape index (κ2) is 4.10. The van der Waals surface area contributed by atoms with E-state index in [9.17, 15) is 0 Å². The van der Waals surface area contributed by atoms with Gasteiger partial charge in [0.1, 0.15) is 0 Å². The summed E-state index contributed by atoms with van der Waals surface area (Å²) in [7, 11) is 0. The van der Waals surface area contributed by atoms with E-state index in [2.05, 4.69) is 19.2 Å². The Balaban J connectivity index is 1.94. The first kappa shape index (κ1) is 9.05. The standard InChI is InChI=1S/C10H21N/c1-3-5-8-11-9-10(4-2)6-7-10/h11H,3-9H2,1-2H3. The molecule has 0 aromatic carbocycles. The van der Waals surface area contributed by atoms with Gasteiger partial charge in [0.05, 0.1) is 0 Å². The van der Waals surface area contributed by atoms with E-state index in [-0.39, 0.29) is 0 Å². The van der Waals surface area contributed by atoms with Crippen LogP contribution >= 0.6 is 0 Å². The largest absolute Gasteiger partial charge is 0.316 e. The summed E-state index contributed by atoms with van der Waals surface area (Å²) in [6.07, 6.45) is 6.93. The second-order valence-corrected chi connectivity index (χ2v) is 3.88. The molecule has 0 radical (unpaired) electrons. The van der Waals surface area contributed by atoms with Crippen LogP contribution in [0.4, 0.5) is 0 Å². The summed E-state index contributed by atoms with van der Waals surface area (Å²) >= 11 is 0. The molecule has 0 aliphatic heterocycles. The molecule has 0 unspecified atom stereocenters. The highest BCUT2D eigenvalue weighted by Crippen LogP contribution is 2.47. The Labute approximate surface area is 70.6 Å². The van der Waals surface area contributed by atoms with Crippen molar-refractivity contribution in [2.45, 2.75) is 46.0 Å². The predicted octanol–water partition coefficient (Wildman–Crippen LogP) is 2.57. The molecular formula is C10H21N. The maximum atomic E-state index is 3.54. The van der Waals surface area contributed by atoms with Crippen LogP contribution in [-0.4, -0.2) is 13.1 Å². The van der Waals surface area contributed by atoms with Gasteiger partial charge in [0.2, 0.25) is 0 Å². The molecule has 1 heteroatoms. The van der Waals surface area contributed by atoms with Crippen molar-refractivity contribution in [3.63, 3.8) is 0 Å². The van der Waals surface area contributed by atoms with E-state index in [1.165, 1.54) is 45.2 Å². The van der Waals surface area contributed by atoms with E-state index < -0.39 is 0 Å². The van der Waals surface area contributed by atoms with Crippen molar-refractivity contribution < 1.29 is 0 Å². The number of hydrogen-bond acceptors (Lipinski definition) is 1. The Kier molecular flexibility index (Phi) is 3.38. The number of rotatable bonds is 6. The lowest BCUT2D eigenvalue weighted by Gasteiger charge is -2.12. The van der Waals surface area contributed by atoms with Gasteiger partial charge in [-0.1, -0.05) is 20.3 Å². The summed E-state index contributed by atoms with van der Waals surface area (Å²) in [6, 6.07) is 0. The first-order valence-electron chi connectivity index (χ1n) is 5.04. The van der Waals surface area contributed by atoms with Gasteiger partial charge in [-0.05, 0) is 37.6 Å². The van der Waals surface area contributed by atoms with Gasteiger partial charge in [-0.25, -0.2) is 0 Å². The summed E-state index contributed by atoms with van der Waals surface area (Å²) in [4.78, 5) is 0. The molecule has 1 aliphatic carbocycles. The smallest absolute Gasteiger partial charge is 0.000771 e. The van der Waals surface area contributed by atoms with Crippen molar-refractivity contribution in [1.29, 1.82) is 0 Å². The lowest BCUT2D eigenvalue weighted by atomic mass is 10.0. The first-order chi connectivity index (χ1) is 5.33. The summed E-state index contributed by atoms with van der Waals surface area (Å²) in [6.45, 7) is 7.05. The molecule has 0 aromatic rings. The highest BCUT2D eigenvalue weighted by Gasteiger charge is 2.39. The minimum absolute atomic E-state index is 0.730. The van der Waals surface area contributed by atoms with Crippen LogP contribution in [0.25, 0.3) is 0 Å². The molecule has 0 aromatic heterocycles. The van der Waals surface area contributed by atoms with E-state index in [4.69, 9.17) is 0 Å². The van der Waals surface area contributed by atoms with Gasteiger partial charge in [0.15, 0.2) is 0 Å². The molecule has 1 aliphatic rings. The quantitative estimate of drug-likeness (QED) is 0.581. The van der Waals surface area contributed by atoms with E-state index in [1.54, 1.807) is 0 Å². The van der Waals surface area contributed by atoms with Crippen molar-refractivity contribution in [2.24, 2.45) is 5.41 Å². The summed E-state index contributed by atoms with van der Waals surface area (Å²) in [5.74, 6) is 0. The second-order valence-electron chi connectivity index (χ2n) is 3.88. The molecule has 0 spiro atoms. The average molecular weight is 155 g/mol. The van der Waals surface area contributed by atoms with E-state index >= 15 is 0 Å². The van der Waals surface area contributed by atoms with Gasteiger partial charge in [0, 0.05) is 6.54 Å². The molecule has 1 saturated carbocycles. The van der Waals surface area contributed by atoms with Crippen molar-refractivity contribution >= 4 is 0 Å². The van der Waals surface area contributed by atoms with Crippen LogP contribution in [0.5, 0.6) is 0 Å². The molecule has 0 amide bonds.